The minimum absolute atomic E-state index is 0.0300. The zero-order chi connectivity index (χ0) is 19.1. The van der Waals surface area contributed by atoms with Gasteiger partial charge in [0.25, 0.3) is 0 Å². The van der Waals surface area contributed by atoms with Crippen LogP contribution in [0.3, 0.4) is 0 Å². The maximum absolute atomic E-state index is 13.0. The lowest BCUT2D eigenvalue weighted by atomic mass is 10.2. The van der Waals surface area contributed by atoms with Gasteiger partial charge in [0.15, 0.2) is 5.69 Å². The molecule has 1 aromatic heterocycles. The van der Waals surface area contributed by atoms with Crippen molar-refractivity contribution in [2.45, 2.75) is 44.8 Å². The van der Waals surface area contributed by atoms with Crippen molar-refractivity contribution in [3.8, 4) is 5.75 Å². The van der Waals surface area contributed by atoms with Gasteiger partial charge in [-0.15, -0.1) is 0 Å². The Bertz CT molecular complexity index is 826. The summed E-state index contributed by atoms with van der Waals surface area (Å²) < 4.78 is 45.5. The number of amides is 1. The van der Waals surface area contributed by atoms with Gasteiger partial charge >= 0.3 is 6.18 Å². The van der Waals surface area contributed by atoms with Crippen molar-refractivity contribution in [1.29, 1.82) is 0 Å². The van der Waals surface area contributed by atoms with Crippen LogP contribution in [0.25, 0.3) is 0 Å². The molecule has 1 unspecified atom stereocenters. The van der Waals surface area contributed by atoms with E-state index in [0.29, 0.717) is 17.1 Å². The number of alkyl halides is 3. The van der Waals surface area contributed by atoms with Gasteiger partial charge in [-0.3, -0.25) is 9.48 Å². The molecule has 0 bridgehead atoms. The van der Waals surface area contributed by atoms with Gasteiger partial charge in [-0.25, -0.2) is 0 Å². The lowest BCUT2D eigenvalue weighted by Crippen LogP contribution is -2.26. The number of rotatable bonds is 5. The number of carbonyl (C=O) groups excluding carboxylic acids is 1. The second kappa shape index (κ2) is 6.66. The number of hydrogen-bond donors (Lipinski definition) is 1. The number of aromatic nitrogens is 2. The molecule has 3 rings (SSSR count). The monoisotopic (exact) mass is 367 g/mol. The molecule has 2 aromatic rings. The van der Waals surface area contributed by atoms with Gasteiger partial charge in [-0.1, -0.05) is 6.07 Å². The Morgan fingerprint density at radius 2 is 2.04 bits per heavy atom. The van der Waals surface area contributed by atoms with Crippen LogP contribution < -0.4 is 10.1 Å². The van der Waals surface area contributed by atoms with Gasteiger partial charge in [0, 0.05) is 11.6 Å². The number of nitrogens with one attached hydrogen (secondary N) is 1. The summed E-state index contributed by atoms with van der Waals surface area (Å²) in [5, 5.41) is 6.39. The first kappa shape index (κ1) is 18.3. The zero-order valence-corrected chi connectivity index (χ0v) is 14.7. The summed E-state index contributed by atoms with van der Waals surface area (Å²) in [6, 6.07) is 5.48. The molecule has 8 heteroatoms. The minimum atomic E-state index is -4.54. The molecule has 1 aromatic carbocycles. The van der Waals surface area contributed by atoms with Gasteiger partial charge in [-0.05, 0) is 50.5 Å². The summed E-state index contributed by atoms with van der Waals surface area (Å²) in [5.41, 5.74) is 0.884. The number of nitrogens with zero attached hydrogens (tertiary/aromatic N) is 2. The molecule has 1 heterocycles. The van der Waals surface area contributed by atoms with E-state index in [0.717, 1.165) is 24.5 Å². The topological polar surface area (TPSA) is 56.1 Å². The van der Waals surface area contributed by atoms with Crippen molar-refractivity contribution in [3.05, 3.63) is 41.2 Å². The van der Waals surface area contributed by atoms with Crippen molar-refractivity contribution in [2.75, 3.05) is 12.4 Å². The Labute approximate surface area is 149 Å². The summed E-state index contributed by atoms with van der Waals surface area (Å²) in [5.74, 6) is 0.0602. The number of ether oxygens (including phenoxy) is 1. The molecule has 1 aliphatic carbocycles. The van der Waals surface area contributed by atoms with E-state index in [2.05, 4.69) is 10.4 Å². The first-order valence-electron chi connectivity index (χ1n) is 8.33. The molecule has 0 spiro atoms. The third-order valence-electron chi connectivity index (χ3n) is 4.41. The molecule has 1 N–H and O–H groups in total. The number of carbonyl (C=O) groups is 1. The number of methoxy groups -OCH3 is 1. The van der Waals surface area contributed by atoms with Crippen LogP contribution in [0.4, 0.5) is 18.9 Å². The standard InChI is InChI=1S/C18H20F3N3O2/c1-10-4-7-15(26-3)13(8-10)22-17(25)11(2)24-14(12-5-6-12)9-16(23-24)18(19,20)21/h4,7-9,11-12H,5-6H2,1-3H3,(H,22,25). The van der Waals surface area contributed by atoms with Gasteiger partial charge in [-0.2, -0.15) is 18.3 Å². The van der Waals surface area contributed by atoms with Crippen LogP contribution in [0.5, 0.6) is 5.75 Å². The zero-order valence-electron chi connectivity index (χ0n) is 14.7. The van der Waals surface area contributed by atoms with Crippen LogP contribution in [0.15, 0.2) is 24.3 Å². The fourth-order valence-corrected chi connectivity index (χ4v) is 2.81. The number of benzene rings is 1. The summed E-state index contributed by atoms with van der Waals surface area (Å²) in [6.45, 7) is 3.41. The Kier molecular flexibility index (Phi) is 4.68. The highest BCUT2D eigenvalue weighted by Crippen LogP contribution is 2.43. The first-order chi connectivity index (χ1) is 12.2. The molecule has 1 saturated carbocycles. The largest absolute Gasteiger partial charge is 0.495 e. The third kappa shape index (κ3) is 3.68. The van der Waals surface area contributed by atoms with Crippen LogP contribution in [0, 0.1) is 6.92 Å². The average molecular weight is 367 g/mol. The molecule has 0 aliphatic heterocycles. The highest BCUT2D eigenvalue weighted by molar-refractivity contribution is 5.95. The van der Waals surface area contributed by atoms with E-state index in [9.17, 15) is 18.0 Å². The molecule has 140 valence electrons. The predicted molar refractivity (Wildman–Crippen MR) is 90.3 cm³/mol. The number of halogens is 3. The fourth-order valence-electron chi connectivity index (χ4n) is 2.81. The van der Waals surface area contributed by atoms with E-state index in [1.165, 1.54) is 18.7 Å². The summed E-state index contributed by atoms with van der Waals surface area (Å²) in [6.07, 6.45) is -2.92. The first-order valence-corrected chi connectivity index (χ1v) is 8.33. The van der Waals surface area contributed by atoms with E-state index in [1.54, 1.807) is 12.1 Å². The second-order valence-corrected chi connectivity index (χ2v) is 6.54. The highest BCUT2D eigenvalue weighted by Gasteiger charge is 2.39. The third-order valence-corrected chi connectivity index (χ3v) is 4.41. The van der Waals surface area contributed by atoms with Crippen LogP contribution in [-0.4, -0.2) is 22.8 Å². The van der Waals surface area contributed by atoms with E-state index >= 15 is 0 Å². The lowest BCUT2D eigenvalue weighted by Gasteiger charge is -2.17. The number of aryl methyl sites for hydroxylation is 1. The van der Waals surface area contributed by atoms with E-state index < -0.39 is 23.8 Å². The normalized spacial score (nSPS) is 15.6. The van der Waals surface area contributed by atoms with Crippen molar-refractivity contribution < 1.29 is 22.7 Å². The lowest BCUT2D eigenvalue weighted by molar-refractivity contribution is -0.141. The Morgan fingerprint density at radius 1 is 1.35 bits per heavy atom. The highest BCUT2D eigenvalue weighted by atomic mass is 19.4. The minimum Gasteiger partial charge on any atom is -0.495 e. The molecule has 0 saturated heterocycles. The van der Waals surface area contributed by atoms with Crippen LogP contribution >= 0.6 is 0 Å². The molecule has 0 radical (unpaired) electrons. The average Bonchev–Trinajstić information content (AvgIpc) is 3.31. The van der Waals surface area contributed by atoms with Crippen molar-refractivity contribution in [2.24, 2.45) is 0 Å². The molecule has 1 atom stereocenters. The van der Waals surface area contributed by atoms with Crippen LogP contribution in [0.2, 0.25) is 0 Å². The summed E-state index contributed by atoms with van der Waals surface area (Å²) in [7, 11) is 1.48. The predicted octanol–water partition coefficient (Wildman–Crippen LogP) is 4.30. The summed E-state index contributed by atoms with van der Waals surface area (Å²) in [4.78, 5) is 12.6. The molecule has 26 heavy (non-hydrogen) atoms. The fraction of sp³-hybridized carbons (Fsp3) is 0.444. The summed E-state index contributed by atoms with van der Waals surface area (Å²) >= 11 is 0. The smallest absolute Gasteiger partial charge is 0.435 e. The van der Waals surface area contributed by atoms with E-state index in [1.807, 2.05) is 13.0 Å². The molecule has 1 aliphatic rings. The van der Waals surface area contributed by atoms with Gasteiger partial charge in [0.1, 0.15) is 11.8 Å². The van der Waals surface area contributed by atoms with Gasteiger partial charge in [0.05, 0.1) is 12.8 Å². The van der Waals surface area contributed by atoms with Crippen molar-refractivity contribution in [1.82, 2.24) is 9.78 Å². The number of anilines is 1. The maximum Gasteiger partial charge on any atom is 0.435 e. The van der Waals surface area contributed by atoms with E-state index in [-0.39, 0.29) is 5.92 Å². The Hall–Kier alpha value is -2.51. The van der Waals surface area contributed by atoms with E-state index in [4.69, 9.17) is 4.74 Å². The Morgan fingerprint density at radius 3 is 2.62 bits per heavy atom. The van der Waals surface area contributed by atoms with Crippen molar-refractivity contribution in [3.63, 3.8) is 0 Å². The Balaban J connectivity index is 1.87. The van der Waals surface area contributed by atoms with Crippen LogP contribution in [-0.2, 0) is 11.0 Å². The molecule has 1 fully saturated rings. The quantitative estimate of drug-likeness (QED) is 0.857. The molecular formula is C18H20F3N3O2. The van der Waals surface area contributed by atoms with Gasteiger partial charge < -0.3 is 10.1 Å². The molecule has 5 nitrogen and oxygen atoms in total. The number of hydrogen-bond acceptors (Lipinski definition) is 3. The van der Waals surface area contributed by atoms with Crippen molar-refractivity contribution >= 4 is 11.6 Å². The molecular weight excluding hydrogens is 347 g/mol. The SMILES string of the molecule is COc1ccc(C)cc1NC(=O)C(C)n1nc(C(F)(F)F)cc1C1CC1. The second-order valence-electron chi connectivity index (χ2n) is 6.54. The maximum atomic E-state index is 13.0. The van der Waals surface area contributed by atoms with Gasteiger partial charge in [0.2, 0.25) is 5.91 Å². The van der Waals surface area contributed by atoms with Crippen LogP contribution in [0.1, 0.15) is 48.7 Å². The molecule has 1 amide bonds.